The first-order valence-electron chi connectivity index (χ1n) is 6.93. The number of aromatic nitrogens is 4. The number of hydrogen-bond donors (Lipinski definition) is 0. The van der Waals surface area contributed by atoms with Gasteiger partial charge in [0.25, 0.3) is 5.78 Å². The van der Waals surface area contributed by atoms with Crippen LogP contribution in [-0.4, -0.2) is 19.6 Å². The summed E-state index contributed by atoms with van der Waals surface area (Å²) in [6, 6.07) is 17.7. The van der Waals surface area contributed by atoms with Crippen molar-refractivity contribution >= 4 is 33.3 Å². The standard InChI is InChI=1S/C17H10BrClN4/c18-13-5-1-12(2-6-13)16-9-15(11-3-7-14(19)8-4-11)22-17-20-10-21-23(16)17/h1-10H. The van der Waals surface area contributed by atoms with Crippen LogP contribution in [0.25, 0.3) is 28.3 Å². The number of fused-ring (bicyclic) bond motifs is 1. The summed E-state index contributed by atoms with van der Waals surface area (Å²) in [6.07, 6.45) is 1.51. The van der Waals surface area contributed by atoms with Gasteiger partial charge in [-0.3, -0.25) is 0 Å². The van der Waals surface area contributed by atoms with Crippen molar-refractivity contribution in [3.63, 3.8) is 0 Å². The van der Waals surface area contributed by atoms with E-state index in [1.807, 2.05) is 54.6 Å². The van der Waals surface area contributed by atoms with Gasteiger partial charge in [0.2, 0.25) is 0 Å². The Hall–Kier alpha value is -2.24. The van der Waals surface area contributed by atoms with Crippen LogP contribution in [0.3, 0.4) is 0 Å². The summed E-state index contributed by atoms with van der Waals surface area (Å²) in [7, 11) is 0. The molecule has 0 aliphatic heterocycles. The first-order chi connectivity index (χ1) is 11.2. The molecule has 0 amide bonds. The number of benzene rings is 2. The van der Waals surface area contributed by atoms with Crippen molar-refractivity contribution in [1.29, 1.82) is 0 Å². The summed E-state index contributed by atoms with van der Waals surface area (Å²) in [5, 5.41) is 4.98. The zero-order chi connectivity index (χ0) is 15.8. The van der Waals surface area contributed by atoms with E-state index < -0.39 is 0 Å². The van der Waals surface area contributed by atoms with Crippen molar-refractivity contribution in [3.8, 4) is 22.5 Å². The van der Waals surface area contributed by atoms with Gasteiger partial charge in [-0.1, -0.05) is 51.8 Å². The minimum atomic E-state index is 0.565. The SMILES string of the molecule is Clc1ccc(-c2cc(-c3ccc(Br)cc3)n3ncnc3n2)cc1. The number of rotatable bonds is 2. The van der Waals surface area contributed by atoms with E-state index in [0.29, 0.717) is 10.8 Å². The topological polar surface area (TPSA) is 43.1 Å². The maximum atomic E-state index is 5.97. The predicted octanol–water partition coefficient (Wildman–Crippen LogP) is 4.87. The molecule has 2 heterocycles. The molecule has 0 aliphatic rings. The quantitative estimate of drug-likeness (QED) is 0.494. The molecule has 0 N–H and O–H groups in total. The van der Waals surface area contributed by atoms with Crippen molar-refractivity contribution in [2.24, 2.45) is 0 Å². The molecule has 112 valence electrons. The summed E-state index contributed by atoms with van der Waals surface area (Å²) in [4.78, 5) is 8.81. The minimum Gasteiger partial charge on any atom is -0.211 e. The largest absolute Gasteiger partial charge is 0.253 e. The highest BCUT2D eigenvalue weighted by Crippen LogP contribution is 2.27. The van der Waals surface area contributed by atoms with Gasteiger partial charge in [0.05, 0.1) is 11.4 Å². The molecule has 0 saturated carbocycles. The first-order valence-corrected chi connectivity index (χ1v) is 8.10. The molecule has 2 aromatic heterocycles. The second kappa shape index (κ2) is 5.76. The molecule has 6 heteroatoms. The van der Waals surface area contributed by atoms with E-state index in [1.54, 1.807) is 4.52 Å². The van der Waals surface area contributed by atoms with Crippen molar-refractivity contribution < 1.29 is 0 Å². The van der Waals surface area contributed by atoms with E-state index in [-0.39, 0.29) is 0 Å². The highest BCUT2D eigenvalue weighted by atomic mass is 79.9. The highest BCUT2D eigenvalue weighted by molar-refractivity contribution is 9.10. The molecule has 0 unspecified atom stereocenters. The van der Waals surface area contributed by atoms with Crippen LogP contribution in [0, 0.1) is 0 Å². The van der Waals surface area contributed by atoms with Gasteiger partial charge >= 0.3 is 0 Å². The van der Waals surface area contributed by atoms with Crippen LogP contribution in [0.15, 0.2) is 65.4 Å². The molecular formula is C17H10BrClN4. The lowest BCUT2D eigenvalue weighted by Crippen LogP contribution is -1.98. The average Bonchev–Trinajstić information content (AvgIpc) is 3.04. The van der Waals surface area contributed by atoms with Gasteiger partial charge in [0, 0.05) is 20.6 Å². The normalized spacial score (nSPS) is 11.0. The molecule has 0 saturated heterocycles. The molecular weight excluding hydrogens is 376 g/mol. The Labute approximate surface area is 145 Å². The molecule has 4 rings (SSSR count). The van der Waals surface area contributed by atoms with Gasteiger partial charge in [-0.2, -0.15) is 14.6 Å². The zero-order valence-corrected chi connectivity index (χ0v) is 14.2. The van der Waals surface area contributed by atoms with Crippen LogP contribution in [0.2, 0.25) is 5.02 Å². The second-order valence-corrected chi connectivity index (χ2v) is 6.36. The van der Waals surface area contributed by atoms with E-state index in [9.17, 15) is 0 Å². The summed E-state index contributed by atoms with van der Waals surface area (Å²) >= 11 is 9.43. The van der Waals surface area contributed by atoms with Crippen LogP contribution < -0.4 is 0 Å². The Morgan fingerprint density at radius 2 is 1.61 bits per heavy atom. The van der Waals surface area contributed by atoms with Gasteiger partial charge in [0.1, 0.15) is 6.33 Å². The lowest BCUT2D eigenvalue weighted by atomic mass is 10.1. The van der Waals surface area contributed by atoms with Gasteiger partial charge in [0.15, 0.2) is 0 Å². The Morgan fingerprint density at radius 3 is 2.35 bits per heavy atom. The molecule has 0 aliphatic carbocycles. The third kappa shape index (κ3) is 2.73. The van der Waals surface area contributed by atoms with Crippen LogP contribution in [-0.2, 0) is 0 Å². The van der Waals surface area contributed by atoms with E-state index in [1.165, 1.54) is 6.33 Å². The highest BCUT2D eigenvalue weighted by Gasteiger charge is 2.11. The second-order valence-electron chi connectivity index (χ2n) is 5.01. The summed E-state index contributed by atoms with van der Waals surface area (Å²) < 4.78 is 2.77. The van der Waals surface area contributed by atoms with E-state index >= 15 is 0 Å². The van der Waals surface area contributed by atoms with Crippen LogP contribution in [0.4, 0.5) is 0 Å². The summed E-state index contributed by atoms with van der Waals surface area (Å²) in [5.41, 5.74) is 3.80. The Morgan fingerprint density at radius 1 is 0.913 bits per heavy atom. The van der Waals surface area contributed by atoms with Gasteiger partial charge < -0.3 is 0 Å². The van der Waals surface area contributed by atoms with Crippen LogP contribution in [0.5, 0.6) is 0 Å². The molecule has 0 spiro atoms. The van der Waals surface area contributed by atoms with Crippen LogP contribution >= 0.6 is 27.5 Å². The lowest BCUT2D eigenvalue weighted by molar-refractivity contribution is 0.949. The third-order valence-electron chi connectivity index (χ3n) is 3.53. The molecule has 2 aromatic carbocycles. The average molecular weight is 386 g/mol. The molecule has 4 aromatic rings. The molecule has 0 bridgehead atoms. The molecule has 4 nitrogen and oxygen atoms in total. The van der Waals surface area contributed by atoms with Crippen molar-refractivity contribution in [2.75, 3.05) is 0 Å². The summed E-state index contributed by atoms with van der Waals surface area (Å²) in [5.74, 6) is 0.565. The lowest BCUT2D eigenvalue weighted by Gasteiger charge is -2.08. The Bertz CT molecular complexity index is 978. The predicted molar refractivity (Wildman–Crippen MR) is 94.4 cm³/mol. The van der Waals surface area contributed by atoms with Gasteiger partial charge in [-0.05, 0) is 30.3 Å². The number of halogens is 2. The van der Waals surface area contributed by atoms with E-state index in [0.717, 1.165) is 27.0 Å². The van der Waals surface area contributed by atoms with E-state index in [2.05, 4.69) is 31.0 Å². The molecule has 0 fully saturated rings. The van der Waals surface area contributed by atoms with E-state index in [4.69, 9.17) is 11.6 Å². The Balaban J connectivity index is 1.94. The zero-order valence-electron chi connectivity index (χ0n) is 11.8. The van der Waals surface area contributed by atoms with Gasteiger partial charge in [-0.15, -0.1) is 0 Å². The smallest absolute Gasteiger partial charge is 0.211 e. The van der Waals surface area contributed by atoms with Crippen molar-refractivity contribution in [1.82, 2.24) is 19.6 Å². The fourth-order valence-corrected chi connectivity index (χ4v) is 2.80. The number of nitrogens with zero attached hydrogens (tertiary/aromatic N) is 4. The first kappa shape index (κ1) is 14.4. The molecule has 0 radical (unpaired) electrons. The van der Waals surface area contributed by atoms with Crippen molar-refractivity contribution in [2.45, 2.75) is 0 Å². The molecule has 23 heavy (non-hydrogen) atoms. The molecule has 0 atom stereocenters. The number of hydrogen-bond acceptors (Lipinski definition) is 3. The maximum Gasteiger partial charge on any atom is 0.253 e. The third-order valence-corrected chi connectivity index (χ3v) is 4.31. The fourth-order valence-electron chi connectivity index (χ4n) is 2.41. The van der Waals surface area contributed by atoms with Gasteiger partial charge in [-0.25, -0.2) is 4.98 Å². The maximum absolute atomic E-state index is 5.97. The van der Waals surface area contributed by atoms with Crippen LogP contribution in [0.1, 0.15) is 0 Å². The Kier molecular flexibility index (Phi) is 3.59. The fraction of sp³-hybridized carbons (Fsp3) is 0. The van der Waals surface area contributed by atoms with Crippen molar-refractivity contribution in [3.05, 3.63) is 70.4 Å². The monoisotopic (exact) mass is 384 g/mol. The minimum absolute atomic E-state index is 0.565. The summed E-state index contributed by atoms with van der Waals surface area (Å²) in [6.45, 7) is 0.